The third-order valence-electron chi connectivity index (χ3n) is 4.86. The number of ether oxygens (including phenoxy) is 1. The molecule has 15 heavy (non-hydrogen) atoms. The summed E-state index contributed by atoms with van der Waals surface area (Å²) < 4.78 is 6.49. The van der Waals surface area contributed by atoms with Crippen LogP contribution in [0.5, 0.6) is 0 Å². The van der Waals surface area contributed by atoms with Crippen LogP contribution in [-0.4, -0.2) is 16.5 Å². The lowest BCUT2D eigenvalue weighted by atomic mass is 9.53. The lowest BCUT2D eigenvalue weighted by Crippen LogP contribution is -2.47. The van der Waals surface area contributed by atoms with Crippen molar-refractivity contribution in [3.8, 4) is 0 Å². The van der Waals surface area contributed by atoms with E-state index in [0.29, 0.717) is 6.42 Å². The van der Waals surface area contributed by atoms with Gasteiger partial charge in [0.1, 0.15) is 6.10 Å². The molecule has 2 unspecified atom stereocenters. The Balaban J connectivity index is 1.91. The molecule has 0 radical (unpaired) electrons. The highest BCUT2D eigenvalue weighted by molar-refractivity contribution is 14.1. The van der Waals surface area contributed by atoms with E-state index in [4.69, 9.17) is 4.74 Å². The van der Waals surface area contributed by atoms with Crippen molar-refractivity contribution in [3.63, 3.8) is 0 Å². The SMILES string of the molecule is O=C1CC2(CC3CCC2CC3)C(CI)O1. The molecule has 84 valence electrons. The molecule has 4 fully saturated rings. The molecule has 0 aromatic carbocycles. The van der Waals surface area contributed by atoms with Crippen molar-refractivity contribution in [3.05, 3.63) is 0 Å². The zero-order valence-corrected chi connectivity index (χ0v) is 11.0. The van der Waals surface area contributed by atoms with Crippen LogP contribution in [0.25, 0.3) is 0 Å². The molecule has 3 saturated carbocycles. The van der Waals surface area contributed by atoms with E-state index in [1.807, 2.05) is 0 Å². The molecule has 0 amide bonds. The molecule has 3 heteroatoms. The zero-order chi connectivity index (χ0) is 10.5. The minimum Gasteiger partial charge on any atom is -0.461 e. The normalized spacial score (nSPS) is 48.6. The maximum absolute atomic E-state index is 11.5. The van der Waals surface area contributed by atoms with Gasteiger partial charge in [0, 0.05) is 9.84 Å². The Bertz CT molecular complexity index is 283. The van der Waals surface area contributed by atoms with Crippen LogP contribution in [0.2, 0.25) is 0 Å². The molecule has 0 aromatic heterocycles. The highest BCUT2D eigenvalue weighted by atomic mass is 127. The quantitative estimate of drug-likeness (QED) is 0.422. The minimum absolute atomic E-state index is 0.0595. The smallest absolute Gasteiger partial charge is 0.306 e. The van der Waals surface area contributed by atoms with Gasteiger partial charge in [-0.3, -0.25) is 4.79 Å². The van der Waals surface area contributed by atoms with E-state index in [0.717, 1.165) is 16.3 Å². The van der Waals surface area contributed by atoms with Gasteiger partial charge in [-0.25, -0.2) is 0 Å². The summed E-state index contributed by atoms with van der Waals surface area (Å²) >= 11 is 2.38. The Morgan fingerprint density at radius 2 is 2.07 bits per heavy atom. The number of cyclic esters (lactones) is 1. The Morgan fingerprint density at radius 3 is 2.60 bits per heavy atom. The summed E-state index contributed by atoms with van der Waals surface area (Å²) in [7, 11) is 0. The van der Waals surface area contributed by atoms with Crippen LogP contribution >= 0.6 is 22.6 Å². The van der Waals surface area contributed by atoms with Crippen molar-refractivity contribution in [2.24, 2.45) is 17.3 Å². The van der Waals surface area contributed by atoms with Crippen LogP contribution in [0.3, 0.4) is 0 Å². The van der Waals surface area contributed by atoms with Gasteiger partial charge in [-0.2, -0.15) is 0 Å². The summed E-state index contributed by atoms with van der Waals surface area (Å²) in [6.45, 7) is 0. The second-order valence-electron chi connectivity index (χ2n) is 5.46. The van der Waals surface area contributed by atoms with Crippen molar-refractivity contribution < 1.29 is 9.53 Å². The maximum Gasteiger partial charge on any atom is 0.306 e. The molecule has 4 aliphatic rings. The Kier molecular flexibility index (Phi) is 2.49. The predicted molar refractivity (Wildman–Crippen MR) is 65.9 cm³/mol. The molecule has 4 rings (SSSR count). The van der Waals surface area contributed by atoms with Crippen LogP contribution in [-0.2, 0) is 9.53 Å². The summed E-state index contributed by atoms with van der Waals surface area (Å²) in [5, 5.41) is 0. The number of halogens is 1. The summed E-state index contributed by atoms with van der Waals surface area (Å²) in [5.41, 5.74) is 0.249. The van der Waals surface area contributed by atoms with Gasteiger partial charge >= 0.3 is 5.97 Å². The van der Waals surface area contributed by atoms with Gasteiger partial charge in [-0.1, -0.05) is 35.4 Å². The van der Waals surface area contributed by atoms with Crippen molar-refractivity contribution in [1.29, 1.82) is 0 Å². The summed E-state index contributed by atoms with van der Waals surface area (Å²) in [6, 6.07) is 0. The Morgan fingerprint density at radius 1 is 1.33 bits per heavy atom. The predicted octanol–water partition coefficient (Wildman–Crippen LogP) is 2.93. The summed E-state index contributed by atoms with van der Waals surface area (Å²) in [5.74, 6) is 1.72. The molecule has 0 N–H and O–H groups in total. The van der Waals surface area contributed by atoms with Crippen LogP contribution in [0.15, 0.2) is 0 Å². The molecule has 3 aliphatic carbocycles. The van der Waals surface area contributed by atoms with Gasteiger partial charge in [0.05, 0.1) is 6.42 Å². The molecular weight excluding hydrogens is 303 g/mol. The number of esters is 1. The fourth-order valence-electron chi connectivity index (χ4n) is 4.14. The van der Waals surface area contributed by atoms with Crippen LogP contribution in [0.1, 0.15) is 38.5 Å². The van der Waals surface area contributed by atoms with E-state index >= 15 is 0 Å². The number of carbonyl (C=O) groups excluding carboxylic acids is 1. The molecule has 0 aromatic rings. The highest BCUT2D eigenvalue weighted by Gasteiger charge is 2.57. The number of alkyl halides is 1. The molecule has 1 saturated heterocycles. The molecule has 2 atom stereocenters. The van der Waals surface area contributed by atoms with E-state index in [-0.39, 0.29) is 17.5 Å². The van der Waals surface area contributed by atoms with Crippen LogP contribution in [0.4, 0.5) is 0 Å². The molecule has 1 heterocycles. The van der Waals surface area contributed by atoms with Crippen molar-refractivity contribution in [1.82, 2.24) is 0 Å². The lowest BCUT2D eigenvalue weighted by molar-refractivity contribution is -0.141. The Labute approximate surface area is 104 Å². The van der Waals surface area contributed by atoms with Gasteiger partial charge < -0.3 is 4.74 Å². The number of fused-ring (bicyclic) bond motifs is 2. The molecule has 1 spiro atoms. The lowest BCUT2D eigenvalue weighted by Gasteiger charge is -2.51. The van der Waals surface area contributed by atoms with Crippen molar-refractivity contribution in [2.45, 2.75) is 44.6 Å². The Hall–Kier alpha value is 0.200. The third-order valence-corrected chi connectivity index (χ3v) is 5.66. The zero-order valence-electron chi connectivity index (χ0n) is 8.88. The number of hydrogen-bond acceptors (Lipinski definition) is 2. The van der Waals surface area contributed by atoms with Crippen molar-refractivity contribution >= 4 is 28.6 Å². The van der Waals surface area contributed by atoms with E-state index in [1.54, 1.807) is 0 Å². The van der Waals surface area contributed by atoms with E-state index in [1.165, 1.54) is 32.1 Å². The van der Waals surface area contributed by atoms with Crippen LogP contribution < -0.4 is 0 Å². The van der Waals surface area contributed by atoms with E-state index < -0.39 is 0 Å². The fraction of sp³-hybridized carbons (Fsp3) is 0.917. The number of rotatable bonds is 1. The maximum atomic E-state index is 11.5. The number of carbonyl (C=O) groups is 1. The standard InChI is InChI=1S/C12H17IO2/c13-7-10-12(6-11(14)15-10)5-8-1-3-9(12)4-2-8/h8-10H,1-7H2. The molecule has 2 bridgehead atoms. The minimum atomic E-state index is 0.0595. The first-order valence-corrected chi connectivity index (χ1v) is 7.52. The largest absolute Gasteiger partial charge is 0.461 e. The number of hydrogen-bond donors (Lipinski definition) is 0. The van der Waals surface area contributed by atoms with E-state index in [2.05, 4.69) is 22.6 Å². The van der Waals surface area contributed by atoms with Crippen LogP contribution in [0, 0.1) is 17.3 Å². The summed E-state index contributed by atoms with van der Waals surface area (Å²) in [4.78, 5) is 11.5. The first kappa shape index (κ1) is 10.4. The van der Waals surface area contributed by atoms with Gasteiger partial charge in [0.2, 0.25) is 0 Å². The van der Waals surface area contributed by atoms with Gasteiger partial charge in [-0.05, 0) is 31.1 Å². The monoisotopic (exact) mass is 320 g/mol. The van der Waals surface area contributed by atoms with Gasteiger partial charge in [-0.15, -0.1) is 0 Å². The summed E-state index contributed by atoms with van der Waals surface area (Å²) in [6.07, 6.45) is 7.67. The van der Waals surface area contributed by atoms with Gasteiger partial charge in [0.25, 0.3) is 0 Å². The fourth-order valence-corrected chi connectivity index (χ4v) is 5.20. The van der Waals surface area contributed by atoms with Crippen molar-refractivity contribution in [2.75, 3.05) is 4.43 Å². The van der Waals surface area contributed by atoms with Gasteiger partial charge in [0.15, 0.2) is 0 Å². The molecule has 2 nitrogen and oxygen atoms in total. The third kappa shape index (κ3) is 1.45. The first-order chi connectivity index (χ1) is 7.24. The second kappa shape index (κ2) is 3.60. The topological polar surface area (TPSA) is 26.3 Å². The van der Waals surface area contributed by atoms with E-state index in [9.17, 15) is 4.79 Å². The average Bonchev–Trinajstić information content (AvgIpc) is 2.56. The average molecular weight is 320 g/mol. The second-order valence-corrected chi connectivity index (χ2v) is 6.35. The molecule has 1 aliphatic heterocycles. The first-order valence-electron chi connectivity index (χ1n) is 6.00. The highest BCUT2D eigenvalue weighted by Crippen LogP contribution is 2.59. The molecular formula is C12H17IO2.